The van der Waals surface area contributed by atoms with E-state index in [0.717, 1.165) is 11.3 Å². The van der Waals surface area contributed by atoms with Gasteiger partial charge in [0.1, 0.15) is 0 Å². The number of benzene rings is 2. The Hall–Kier alpha value is -2.58. The van der Waals surface area contributed by atoms with Crippen LogP contribution in [0.25, 0.3) is 16.6 Å². The Morgan fingerprint density at radius 2 is 1.87 bits per heavy atom. The highest BCUT2D eigenvalue weighted by atomic mass is 32.2. The Kier molecular flexibility index (Phi) is 4.18. The number of rotatable bonds is 3. The second-order valence-electron chi connectivity index (χ2n) is 5.23. The standard InChI is InChI=1S/C18H15N3OS/c1-12-7-3-6-10-16(12)21-17(22)14-8-4-5-9-15(14)20-18(21)23-13(2)11-19/h3-10,13H,1-2H3/t13-/m0/s1. The number of aromatic nitrogens is 2. The van der Waals surface area contributed by atoms with Crippen molar-refractivity contribution in [1.82, 2.24) is 9.55 Å². The highest BCUT2D eigenvalue weighted by Gasteiger charge is 2.16. The second kappa shape index (κ2) is 6.27. The zero-order chi connectivity index (χ0) is 16.4. The summed E-state index contributed by atoms with van der Waals surface area (Å²) in [6.45, 7) is 3.76. The maximum absolute atomic E-state index is 13.0. The first-order valence-corrected chi connectivity index (χ1v) is 8.14. The van der Waals surface area contributed by atoms with Gasteiger partial charge in [-0.15, -0.1) is 0 Å². The van der Waals surface area contributed by atoms with E-state index in [4.69, 9.17) is 5.26 Å². The van der Waals surface area contributed by atoms with E-state index in [-0.39, 0.29) is 10.8 Å². The van der Waals surface area contributed by atoms with E-state index >= 15 is 0 Å². The molecule has 0 saturated heterocycles. The third kappa shape index (κ3) is 2.86. The molecule has 0 unspecified atom stereocenters. The van der Waals surface area contributed by atoms with Gasteiger partial charge in [-0.05, 0) is 37.6 Å². The van der Waals surface area contributed by atoms with Gasteiger partial charge < -0.3 is 0 Å². The molecule has 3 rings (SSSR count). The van der Waals surface area contributed by atoms with Crippen LogP contribution in [-0.2, 0) is 0 Å². The number of aryl methyl sites for hydroxylation is 1. The molecule has 4 nitrogen and oxygen atoms in total. The van der Waals surface area contributed by atoms with Crippen LogP contribution in [0.5, 0.6) is 0 Å². The van der Waals surface area contributed by atoms with Crippen LogP contribution in [-0.4, -0.2) is 14.8 Å². The van der Waals surface area contributed by atoms with Crippen molar-refractivity contribution < 1.29 is 0 Å². The normalized spacial score (nSPS) is 12.0. The summed E-state index contributed by atoms with van der Waals surface area (Å²) in [4.78, 5) is 17.6. The summed E-state index contributed by atoms with van der Waals surface area (Å²) in [5.41, 5.74) is 2.31. The van der Waals surface area contributed by atoms with Crippen LogP contribution < -0.4 is 5.56 Å². The summed E-state index contributed by atoms with van der Waals surface area (Å²) in [5, 5.41) is 9.93. The first-order valence-electron chi connectivity index (χ1n) is 7.26. The topological polar surface area (TPSA) is 58.7 Å². The molecule has 23 heavy (non-hydrogen) atoms. The molecule has 1 heterocycles. The molecule has 1 aromatic heterocycles. The number of nitrogens with zero attached hydrogens (tertiary/aromatic N) is 3. The van der Waals surface area contributed by atoms with Crippen LogP contribution in [0.3, 0.4) is 0 Å². The van der Waals surface area contributed by atoms with Crippen molar-refractivity contribution in [3.63, 3.8) is 0 Å². The highest BCUT2D eigenvalue weighted by molar-refractivity contribution is 8.00. The average molecular weight is 321 g/mol. The van der Waals surface area contributed by atoms with Crippen molar-refractivity contribution in [2.24, 2.45) is 0 Å². The molecule has 1 atom stereocenters. The molecule has 0 spiro atoms. The summed E-state index contributed by atoms with van der Waals surface area (Å²) in [6, 6.07) is 17.2. The van der Waals surface area contributed by atoms with Crippen molar-refractivity contribution in [2.75, 3.05) is 0 Å². The SMILES string of the molecule is Cc1ccccc1-n1c(S[C@@H](C)C#N)nc2ccccc2c1=O. The minimum absolute atomic E-state index is 0.113. The highest BCUT2D eigenvalue weighted by Crippen LogP contribution is 2.25. The van der Waals surface area contributed by atoms with Gasteiger partial charge in [0.25, 0.3) is 5.56 Å². The predicted octanol–water partition coefficient (Wildman–Crippen LogP) is 3.70. The first kappa shape index (κ1) is 15.3. The molecule has 0 aliphatic carbocycles. The second-order valence-corrected chi connectivity index (χ2v) is 6.54. The van der Waals surface area contributed by atoms with Gasteiger partial charge in [-0.1, -0.05) is 42.1 Å². The largest absolute Gasteiger partial charge is 0.268 e. The summed E-state index contributed by atoms with van der Waals surface area (Å²) in [6.07, 6.45) is 0. The number of nitriles is 1. The van der Waals surface area contributed by atoms with E-state index in [9.17, 15) is 4.79 Å². The van der Waals surface area contributed by atoms with E-state index in [0.29, 0.717) is 16.1 Å². The Balaban J connectivity index is 2.36. The summed E-state index contributed by atoms with van der Waals surface area (Å²) >= 11 is 1.29. The zero-order valence-corrected chi connectivity index (χ0v) is 13.7. The quantitative estimate of drug-likeness (QED) is 0.545. The van der Waals surface area contributed by atoms with Crippen molar-refractivity contribution in [3.05, 3.63) is 64.4 Å². The van der Waals surface area contributed by atoms with Crippen LogP contribution in [0.2, 0.25) is 0 Å². The molecule has 114 valence electrons. The fraction of sp³-hybridized carbons (Fsp3) is 0.167. The molecule has 3 aromatic rings. The van der Waals surface area contributed by atoms with E-state index in [1.165, 1.54) is 11.8 Å². The minimum atomic E-state index is -0.293. The molecule has 0 fully saturated rings. The molecule has 0 N–H and O–H groups in total. The van der Waals surface area contributed by atoms with E-state index < -0.39 is 0 Å². The number of thioether (sulfide) groups is 1. The van der Waals surface area contributed by atoms with Crippen LogP contribution in [0.1, 0.15) is 12.5 Å². The molecule has 0 aliphatic heterocycles. The number of fused-ring (bicyclic) bond motifs is 1. The van der Waals surface area contributed by atoms with Crippen LogP contribution in [0.4, 0.5) is 0 Å². The maximum atomic E-state index is 13.0. The van der Waals surface area contributed by atoms with Gasteiger partial charge in [0, 0.05) is 0 Å². The third-order valence-corrected chi connectivity index (χ3v) is 4.51. The van der Waals surface area contributed by atoms with Gasteiger partial charge in [-0.2, -0.15) is 5.26 Å². The molecule has 0 bridgehead atoms. The maximum Gasteiger partial charge on any atom is 0.266 e. The number of para-hydroxylation sites is 2. The van der Waals surface area contributed by atoms with Crippen molar-refractivity contribution in [1.29, 1.82) is 5.26 Å². The van der Waals surface area contributed by atoms with Gasteiger partial charge >= 0.3 is 0 Å². The lowest BCUT2D eigenvalue weighted by atomic mass is 10.2. The molecule has 0 saturated carbocycles. The lowest BCUT2D eigenvalue weighted by Gasteiger charge is -2.15. The monoisotopic (exact) mass is 321 g/mol. The summed E-state index contributed by atoms with van der Waals surface area (Å²) in [5.74, 6) is 0. The van der Waals surface area contributed by atoms with E-state index in [1.54, 1.807) is 17.6 Å². The summed E-state index contributed by atoms with van der Waals surface area (Å²) in [7, 11) is 0. The molecule has 0 aliphatic rings. The van der Waals surface area contributed by atoms with Crippen molar-refractivity contribution in [2.45, 2.75) is 24.3 Å². The van der Waals surface area contributed by atoms with E-state index in [1.807, 2.05) is 49.4 Å². The fourth-order valence-electron chi connectivity index (χ4n) is 2.40. The Morgan fingerprint density at radius 1 is 1.17 bits per heavy atom. The number of hydrogen-bond donors (Lipinski definition) is 0. The first-order chi connectivity index (χ1) is 11.1. The Bertz CT molecular complexity index is 972. The molecular weight excluding hydrogens is 306 g/mol. The molecule has 0 radical (unpaired) electrons. The lowest BCUT2D eigenvalue weighted by molar-refractivity contribution is 0.813. The van der Waals surface area contributed by atoms with Crippen LogP contribution >= 0.6 is 11.8 Å². The minimum Gasteiger partial charge on any atom is -0.268 e. The van der Waals surface area contributed by atoms with Crippen molar-refractivity contribution >= 4 is 22.7 Å². The zero-order valence-electron chi connectivity index (χ0n) is 12.9. The molecule has 0 amide bonds. The fourth-order valence-corrected chi connectivity index (χ4v) is 3.21. The Labute approximate surface area is 138 Å². The summed E-state index contributed by atoms with van der Waals surface area (Å²) < 4.78 is 1.61. The van der Waals surface area contributed by atoms with E-state index in [2.05, 4.69) is 11.1 Å². The van der Waals surface area contributed by atoms with Gasteiger partial charge in [-0.25, -0.2) is 4.98 Å². The van der Waals surface area contributed by atoms with Crippen LogP contribution in [0, 0.1) is 18.3 Å². The van der Waals surface area contributed by atoms with Gasteiger partial charge in [0.15, 0.2) is 5.16 Å². The molecule has 5 heteroatoms. The predicted molar refractivity (Wildman–Crippen MR) is 93.0 cm³/mol. The van der Waals surface area contributed by atoms with Gasteiger partial charge in [0.2, 0.25) is 0 Å². The third-order valence-electron chi connectivity index (χ3n) is 3.57. The number of hydrogen-bond acceptors (Lipinski definition) is 4. The van der Waals surface area contributed by atoms with Gasteiger partial charge in [-0.3, -0.25) is 9.36 Å². The Morgan fingerprint density at radius 3 is 2.61 bits per heavy atom. The molecule has 2 aromatic carbocycles. The van der Waals surface area contributed by atoms with Crippen LogP contribution in [0.15, 0.2) is 58.5 Å². The van der Waals surface area contributed by atoms with Crippen molar-refractivity contribution in [3.8, 4) is 11.8 Å². The lowest BCUT2D eigenvalue weighted by Crippen LogP contribution is -2.23. The van der Waals surface area contributed by atoms with Gasteiger partial charge in [0.05, 0.1) is 27.9 Å². The smallest absolute Gasteiger partial charge is 0.266 e. The average Bonchev–Trinajstić information content (AvgIpc) is 2.56. The molecular formula is C18H15N3OS.